The highest BCUT2D eigenvalue weighted by Gasteiger charge is 2.38. The molecule has 0 atom stereocenters. The van der Waals surface area contributed by atoms with E-state index in [4.69, 9.17) is 32.5 Å². The molecule has 17 heteroatoms. The number of carbonyl (C=O) groups is 1. The molecule has 0 saturated carbocycles. The first-order valence-electron chi connectivity index (χ1n) is 13.9. The highest BCUT2D eigenvalue weighted by atomic mass is 35.5. The number of sulfone groups is 1. The van der Waals surface area contributed by atoms with Crippen molar-refractivity contribution >= 4 is 71.6 Å². The average Bonchev–Trinajstić information content (AvgIpc) is 3.42. The lowest BCUT2D eigenvalue weighted by molar-refractivity contribution is -0.122. The molecule has 0 aliphatic carbocycles. The Balaban J connectivity index is 0.000000487. The van der Waals surface area contributed by atoms with Crippen LogP contribution in [0.25, 0.3) is 11.0 Å². The van der Waals surface area contributed by atoms with E-state index in [0.717, 1.165) is 11.8 Å². The summed E-state index contributed by atoms with van der Waals surface area (Å²) in [5, 5.41) is 6.90. The zero-order valence-corrected chi connectivity index (χ0v) is 29.0. The van der Waals surface area contributed by atoms with Gasteiger partial charge in [-0.2, -0.15) is 8.42 Å². The first-order valence-corrected chi connectivity index (χ1v) is 18.0. The number of ether oxygens (including phenoxy) is 1. The largest absolute Gasteiger partial charge is 0.456 e. The Morgan fingerprint density at radius 2 is 1.67 bits per heavy atom. The van der Waals surface area contributed by atoms with Gasteiger partial charge in [-0.15, -0.1) is 0 Å². The second-order valence-corrected chi connectivity index (χ2v) is 15.5. The van der Waals surface area contributed by atoms with Gasteiger partial charge in [-0.05, 0) is 68.4 Å². The summed E-state index contributed by atoms with van der Waals surface area (Å²) in [5.74, 6) is 1.02. The summed E-state index contributed by atoms with van der Waals surface area (Å²) in [6.45, 7) is 3.37. The third-order valence-corrected chi connectivity index (χ3v) is 10.4. The second-order valence-electron chi connectivity index (χ2n) is 10.6. The highest BCUT2D eigenvalue weighted by Crippen LogP contribution is 2.34. The van der Waals surface area contributed by atoms with Crippen molar-refractivity contribution in [1.82, 2.24) is 19.9 Å². The Morgan fingerprint density at radius 3 is 2.27 bits per heavy atom. The summed E-state index contributed by atoms with van der Waals surface area (Å²) in [6, 6.07) is 21.5. The van der Waals surface area contributed by atoms with Gasteiger partial charge in [0.15, 0.2) is 15.7 Å². The van der Waals surface area contributed by atoms with E-state index in [0.29, 0.717) is 45.1 Å². The fourth-order valence-electron chi connectivity index (χ4n) is 4.03. The van der Waals surface area contributed by atoms with Gasteiger partial charge in [0.25, 0.3) is 10.1 Å². The fraction of sp³-hybridized carbons (Fsp3) is 0.194. The van der Waals surface area contributed by atoms with Crippen LogP contribution in [0.2, 0.25) is 10.0 Å². The Labute approximate surface area is 287 Å². The molecule has 0 aliphatic rings. The van der Waals surface area contributed by atoms with Crippen LogP contribution in [0.4, 0.5) is 11.5 Å². The molecule has 0 unspecified atom stereocenters. The van der Waals surface area contributed by atoms with Gasteiger partial charge < -0.3 is 25.4 Å². The quantitative estimate of drug-likeness (QED) is 0.158. The Morgan fingerprint density at radius 1 is 0.958 bits per heavy atom. The number of halogens is 2. The van der Waals surface area contributed by atoms with Crippen molar-refractivity contribution in [2.45, 2.75) is 30.0 Å². The molecular formula is C31H33Cl2N5O8S2. The van der Waals surface area contributed by atoms with E-state index in [9.17, 15) is 21.6 Å². The third kappa shape index (κ3) is 9.65. The van der Waals surface area contributed by atoms with Gasteiger partial charge in [0, 0.05) is 36.3 Å². The van der Waals surface area contributed by atoms with Crippen LogP contribution in [0.1, 0.15) is 13.8 Å². The Kier molecular flexibility index (Phi) is 12.5. The Hall–Kier alpha value is -4.25. The van der Waals surface area contributed by atoms with E-state index in [1.54, 1.807) is 60.7 Å². The molecule has 48 heavy (non-hydrogen) atoms. The standard InChI is InChI=1S/C25H25Cl2N5O4S.C6H6O3S.H2O/c1-25(2,37(3,34)35)24(33)28-10-12-32-11-9-20-22(32)23(30-15-29-20)31-17-7-8-21(19(27)14-17)36-18-6-4-5-16(26)13-18;7-10(8,9)6-4-2-1-3-5-6;/h4-9,11,13-15H,10,12H2,1-3H3,(H,28,33)(H,29,30,31);1-5H,(H,7,8,9);1H2. The number of nitrogens with zero attached hydrogens (tertiary/aromatic N) is 3. The van der Waals surface area contributed by atoms with Crippen molar-refractivity contribution in [3.05, 3.63) is 101 Å². The summed E-state index contributed by atoms with van der Waals surface area (Å²) >= 11 is 12.5. The van der Waals surface area contributed by atoms with E-state index < -0.39 is 30.6 Å². The maximum Gasteiger partial charge on any atom is 0.294 e. The van der Waals surface area contributed by atoms with Gasteiger partial charge in [-0.1, -0.05) is 47.5 Å². The van der Waals surface area contributed by atoms with Crippen LogP contribution in [0.15, 0.2) is 96.3 Å². The highest BCUT2D eigenvalue weighted by molar-refractivity contribution is 7.92. The molecular weight excluding hydrogens is 705 g/mol. The molecule has 5 N–H and O–H groups in total. The number of aromatic nitrogens is 3. The number of hydrogen-bond donors (Lipinski definition) is 3. The van der Waals surface area contributed by atoms with E-state index in [-0.39, 0.29) is 16.9 Å². The van der Waals surface area contributed by atoms with Crippen molar-refractivity contribution in [2.24, 2.45) is 0 Å². The summed E-state index contributed by atoms with van der Waals surface area (Å²) < 4.78 is 59.3. The lowest BCUT2D eigenvalue weighted by Crippen LogP contribution is -2.48. The van der Waals surface area contributed by atoms with Crippen molar-refractivity contribution in [3.8, 4) is 11.5 Å². The fourth-order valence-corrected chi connectivity index (χ4v) is 5.34. The van der Waals surface area contributed by atoms with Crippen LogP contribution >= 0.6 is 23.2 Å². The van der Waals surface area contributed by atoms with Crippen molar-refractivity contribution in [3.63, 3.8) is 0 Å². The molecule has 13 nitrogen and oxygen atoms in total. The molecule has 0 radical (unpaired) electrons. The van der Waals surface area contributed by atoms with E-state index in [2.05, 4.69) is 20.6 Å². The van der Waals surface area contributed by atoms with Gasteiger partial charge in [-0.25, -0.2) is 18.4 Å². The van der Waals surface area contributed by atoms with Gasteiger partial charge >= 0.3 is 0 Å². The molecule has 2 aromatic heterocycles. The monoisotopic (exact) mass is 737 g/mol. The molecule has 1 amide bonds. The number of hydrogen-bond acceptors (Lipinski definition) is 9. The minimum atomic E-state index is -4.00. The lowest BCUT2D eigenvalue weighted by atomic mass is 10.2. The summed E-state index contributed by atoms with van der Waals surface area (Å²) in [5.41, 5.74) is 2.10. The number of carbonyl (C=O) groups excluding carboxylic acids is 1. The van der Waals surface area contributed by atoms with Crippen molar-refractivity contribution < 1.29 is 36.4 Å². The van der Waals surface area contributed by atoms with Crippen LogP contribution in [-0.4, -0.2) is 64.9 Å². The maximum absolute atomic E-state index is 12.4. The molecule has 0 aliphatic heterocycles. The van der Waals surface area contributed by atoms with Crippen LogP contribution in [0.3, 0.4) is 0 Å². The lowest BCUT2D eigenvalue weighted by Gasteiger charge is -2.21. The number of benzene rings is 3. The predicted octanol–water partition coefficient (Wildman–Crippen LogP) is 5.32. The molecule has 0 bridgehead atoms. The molecule has 5 rings (SSSR count). The summed E-state index contributed by atoms with van der Waals surface area (Å²) in [6.07, 6.45) is 4.32. The molecule has 2 heterocycles. The molecule has 3 aromatic carbocycles. The SMILES string of the molecule is CC(C)(C(=O)NCCn1ccc2ncnc(Nc3ccc(Oc4cccc(Cl)c4)c(Cl)c3)c21)S(C)(=O)=O.O.O=S(=O)(O)c1ccccc1. The van der Waals surface area contributed by atoms with Crippen LogP contribution in [0.5, 0.6) is 11.5 Å². The zero-order chi connectivity index (χ0) is 34.4. The van der Waals surface area contributed by atoms with Crippen molar-refractivity contribution in [1.29, 1.82) is 0 Å². The number of amides is 1. The number of anilines is 2. The molecule has 256 valence electrons. The van der Waals surface area contributed by atoms with Gasteiger partial charge in [0.1, 0.15) is 28.1 Å². The number of fused-ring (bicyclic) bond motifs is 1. The summed E-state index contributed by atoms with van der Waals surface area (Å²) in [4.78, 5) is 21.1. The minimum Gasteiger partial charge on any atom is -0.456 e. The molecule has 0 fully saturated rings. The minimum absolute atomic E-state index is 0. The second kappa shape index (κ2) is 15.8. The maximum atomic E-state index is 12.4. The molecule has 5 aromatic rings. The van der Waals surface area contributed by atoms with Crippen LogP contribution < -0.4 is 15.4 Å². The predicted molar refractivity (Wildman–Crippen MR) is 186 cm³/mol. The van der Waals surface area contributed by atoms with E-state index >= 15 is 0 Å². The third-order valence-electron chi connectivity index (χ3n) is 6.92. The van der Waals surface area contributed by atoms with Gasteiger partial charge in [-0.3, -0.25) is 9.35 Å². The van der Waals surface area contributed by atoms with E-state index in [1.165, 1.54) is 32.3 Å². The molecule has 0 saturated heterocycles. The first kappa shape index (κ1) is 38.2. The smallest absolute Gasteiger partial charge is 0.294 e. The van der Waals surface area contributed by atoms with Crippen LogP contribution in [0, 0.1) is 0 Å². The number of nitrogens with one attached hydrogen (secondary N) is 2. The normalized spacial score (nSPS) is 11.5. The number of rotatable bonds is 10. The first-order chi connectivity index (χ1) is 22.1. The Bertz CT molecular complexity index is 2110. The average molecular weight is 739 g/mol. The van der Waals surface area contributed by atoms with Gasteiger partial charge in [0.2, 0.25) is 5.91 Å². The topological polar surface area (TPSA) is 201 Å². The van der Waals surface area contributed by atoms with Gasteiger partial charge in [0.05, 0.1) is 15.4 Å². The van der Waals surface area contributed by atoms with Crippen molar-refractivity contribution in [2.75, 3.05) is 18.1 Å². The zero-order valence-electron chi connectivity index (χ0n) is 25.9. The van der Waals surface area contributed by atoms with Crippen LogP contribution in [-0.2, 0) is 31.3 Å². The van der Waals surface area contributed by atoms with E-state index in [1.807, 2.05) is 16.8 Å². The molecule has 0 spiro atoms. The summed E-state index contributed by atoms with van der Waals surface area (Å²) in [7, 11) is -7.57.